The first-order chi connectivity index (χ1) is 7.27. The molecule has 0 aliphatic heterocycles. The fourth-order valence-electron chi connectivity index (χ4n) is 2.07. The Bertz CT molecular complexity index is 535. The fourth-order valence-corrected chi connectivity index (χ4v) is 2.07. The van der Waals surface area contributed by atoms with Crippen LogP contribution in [-0.2, 0) is 0 Å². The van der Waals surface area contributed by atoms with Crippen molar-refractivity contribution in [2.24, 2.45) is 0 Å². The average molecular weight is 196 g/mol. The predicted octanol–water partition coefficient (Wildman–Crippen LogP) is 1.01. The quantitative estimate of drug-likeness (QED) is 0.570. The van der Waals surface area contributed by atoms with Crippen LogP contribution in [0.5, 0.6) is 0 Å². The first-order valence-electron chi connectivity index (χ1n) is 4.87. The lowest BCUT2D eigenvalue weighted by atomic mass is 9.73. The van der Waals surface area contributed by atoms with Crippen molar-refractivity contribution in [3.05, 3.63) is 42.5 Å². The maximum Gasteiger partial charge on any atom is 0.488 e. The molecule has 0 amide bonds. The lowest BCUT2D eigenvalue weighted by Gasteiger charge is -2.24. The van der Waals surface area contributed by atoms with Gasteiger partial charge in [-0.25, -0.2) is 0 Å². The van der Waals surface area contributed by atoms with E-state index in [0.717, 1.165) is 5.56 Å². The van der Waals surface area contributed by atoms with Crippen molar-refractivity contribution in [3.8, 4) is 22.3 Å². The van der Waals surface area contributed by atoms with Gasteiger partial charge in [-0.3, -0.25) is 0 Å². The van der Waals surface area contributed by atoms with Gasteiger partial charge in [0.2, 0.25) is 0 Å². The van der Waals surface area contributed by atoms with Crippen molar-refractivity contribution >= 4 is 12.6 Å². The molecule has 0 spiro atoms. The summed E-state index contributed by atoms with van der Waals surface area (Å²) in [6, 6.07) is 13.6. The van der Waals surface area contributed by atoms with Gasteiger partial charge in [0.05, 0.1) is 0 Å². The molecule has 1 aliphatic carbocycles. The van der Waals surface area contributed by atoms with Crippen LogP contribution in [0.2, 0.25) is 0 Å². The monoisotopic (exact) mass is 196 g/mol. The number of benzene rings is 2. The minimum absolute atomic E-state index is 0.545. The van der Waals surface area contributed by atoms with Gasteiger partial charge in [0, 0.05) is 0 Å². The van der Waals surface area contributed by atoms with E-state index in [2.05, 4.69) is 6.07 Å². The third kappa shape index (κ3) is 1.14. The molecule has 3 heteroatoms. The zero-order valence-electron chi connectivity index (χ0n) is 8.01. The van der Waals surface area contributed by atoms with Gasteiger partial charge in [0.25, 0.3) is 0 Å². The van der Waals surface area contributed by atoms with Crippen LogP contribution in [0.1, 0.15) is 0 Å². The van der Waals surface area contributed by atoms with E-state index in [1.807, 2.05) is 30.3 Å². The summed E-state index contributed by atoms with van der Waals surface area (Å²) in [5.41, 5.74) is 5.27. The van der Waals surface area contributed by atoms with E-state index in [4.69, 9.17) is 10.0 Å². The largest absolute Gasteiger partial charge is 0.488 e. The average Bonchev–Trinajstić information content (AvgIpc) is 2.25. The summed E-state index contributed by atoms with van der Waals surface area (Å²) in [5, 5.41) is 18.1. The Hall–Kier alpha value is -1.58. The van der Waals surface area contributed by atoms with E-state index in [1.54, 1.807) is 6.07 Å². The zero-order valence-corrected chi connectivity index (χ0v) is 8.01. The standard InChI is InChI=1S/C12H9BO2/c14-13(15)8-5-6-11-9-3-1-2-4-10(9)12(11)7-8/h1-7,14-15H. The molecule has 2 N–H and O–H groups in total. The van der Waals surface area contributed by atoms with Crippen molar-refractivity contribution in [2.45, 2.75) is 0 Å². The van der Waals surface area contributed by atoms with Gasteiger partial charge in [-0.15, -0.1) is 0 Å². The molecule has 0 radical (unpaired) electrons. The van der Waals surface area contributed by atoms with Gasteiger partial charge >= 0.3 is 7.12 Å². The number of fused-ring (bicyclic) bond motifs is 4. The summed E-state index contributed by atoms with van der Waals surface area (Å²) in [7, 11) is -1.39. The van der Waals surface area contributed by atoms with Crippen molar-refractivity contribution in [2.75, 3.05) is 0 Å². The normalized spacial score (nSPS) is 11.3. The minimum atomic E-state index is -1.39. The van der Waals surface area contributed by atoms with Gasteiger partial charge in [-0.05, 0) is 27.7 Å². The van der Waals surface area contributed by atoms with Gasteiger partial charge in [-0.1, -0.05) is 42.5 Å². The summed E-state index contributed by atoms with van der Waals surface area (Å²) < 4.78 is 0. The third-order valence-electron chi connectivity index (χ3n) is 2.85. The van der Waals surface area contributed by atoms with E-state index in [9.17, 15) is 0 Å². The van der Waals surface area contributed by atoms with E-state index in [-0.39, 0.29) is 0 Å². The summed E-state index contributed by atoms with van der Waals surface area (Å²) in [6.07, 6.45) is 0. The summed E-state index contributed by atoms with van der Waals surface area (Å²) in [5.74, 6) is 0. The number of hydrogen-bond donors (Lipinski definition) is 2. The predicted molar refractivity (Wildman–Crippen MR) is 60.7 cm³/mol. The third-order valence-corrected chi connectivity index (χ3v) is 2.85. The highest BCUT2D eigenvalue weighted by atomic mass is 16.4. The summed E-state index contributed by atoms with van der Waals surface area (Å²) in [4.78, 5) is 0. The second-order valence-corrected chi connectivity index (χ2v) is 3.72. The summed E-state index contributed by atoms with van der Waals surface area (Å²) in [6.45, 7) is 0. The molecule has 0 unspecified atom stereocenters. The van der Waals surface area contributed by atoms with Gasteiger partial charge < -0.3 is 10.0 Å². The van der Waals surface area contributed by atoms with Gasteiger partial charge in [0.1, 0.15) is 0 Å². The molecule has 2 nitrogen and oxygen atoms in total. The lowest BCUT2D eigenvalue weighted by Crippen LogP contribution is -2.30. The highest BCUT2D eigenvalue weighted by Gasteiger charge is 2.23. The van der Waals surface area contributed by atoms with E-state index in [1.165, 1.54) is 16.7 Å². The zero-order chi connectivity index (χ0) is 10.4. The van der Waals surface area contributed by atoms with Gasteiger partial charge in [-0.2, -0.15) is 0 Å². The minimum Gasteiger partial charge on any atom is -0.423 e. The molecule has 0 fully saturated rings. The smallest absolute Gasteiger partial charge is 0.423 e. The maximum atomic E-state index is 9.07. The molecule has 1 aliphatic rings. The SMILES string of the molecule is OB(O)c1ccc2c(c1)-c1ccccc1-2. The van der Waals surface area contributed by atoms with E-state index in [0.29, 0.717) is 5.46 Å². The molecule has 0 saturated heterocycles. The van der Waals surface area contributed by atoms with E-state index < -0.39 is 7.12 Å². The first-order valence-corrected chi connectivity index (χ1v) is 4.87. The number of hydrogen-bond acceptors (Lipinski definition) is 2. The molecular formula is C12H9BO2. The molecule has 3 rings (SSSR count). The second kappa shape index (κ2) is 2.96. The Morgan fingerprint density at radius 3 is 2.00 bits per heavy atom. The number of rotatable bonds is 1. The Kier molecular flexibility index (Phi) is 1.72. The Morgan fingerprint density at radius 2 is 1.33 bits per heavy atom. The Morgan fingerprint density at radius 1 is 0.733 bits per heavy atom. The molecule has 2 aromatic rings. The van der Waals surface area contributed by atoms with Crippen LogP contribution >= 0.6 is 0 Å². The molecule has 0 heterocycles. The van der Waals surface area contributed by atoms with Crippen LogP contribution in [0.25, 0.3) is 22.3 Å². The molecule has 0 aromatic heterocycles. The molecule has 2 aromatic carbocycles. The molecule has 0 atom stereocenters. The topological polar surface area (TPSA) is 40.5 Å². The molecule has 0 bridgehead atoms. The van der Waals surface area contributed by atoms with Crippen molar-refractivity contribution < 1.29 is 10.0 Å². The Balaban J connectivity index is 2.15. The van der Waals surface area contributed by atoms with Crippen molar-refractivity contribution in [1.82, 2.24) is 0 Å². The molecule has 15 heavy (non-hydrogen) atoms. The summed E-state index contributed by atoms with van der Waals surface area (Å²) >= 11 is 0. The molecule has 72 valence electrons. The van der Waals surface area contributed by atoms with Crippen LogP contribution in [0.15, 0.2) is 42.5 Å². The van der Waals surface area contributed by atoms with Crippen LogP contribution in [0.3, 0.4) is 0 Å². The van der Waals surface area contributed by atoms with Crippen LogP contribution in [0, 0.1) is 0 Å². The van der Waals surface area contributed by atoms with Crippen molar-refractivity contribution in [1.29, 1.82) is 0 Å². The molecule has 0 saturated carbocycles. The maximum absolute atomic E-state index is 9.07. The first kappa shape index (κ1) is 8.71. The molecular weight excluding hydrogens is 187 g/mol. The van der Waals surface area contributed by atoms with Gasteiger partial charge in [0.15, 0.2) is 0 Å². The van der Waals surface area contributed by atoms with Crippen LogP contribution in [-0.4, -0.2) is 17.2 Å². The fraction of sp³-hybridized carbons (Fsp3) is 0. The highest BCUT2D eigenvalue weighted by Crippen LogP contribution is 2.45. The lowest BCUT2D eigenvalue weighted by molar-refractivity contribution is 0.426. The Labute approximate surface area is 88.0 Å². The van der Waals surface area contributed by atoms with Crippen LogP contribution < -0.4 is 5.46 Å². The highest BCUT2D eigenvalue weighted by molar-refractivity contribution is 6.58. The van der Waals surface area contributed by atoms with E-state index >= 15 is 0 Å². The van der Waals surface area contributed by atoms with Crippen molar-refractivity contribution in [3.63, 3.8) is 0 Å². The second-order valence-electron chi connectivity index (χ2n) is 3.72. The van der Waals surface area contributed by atoms with Crippen LogP contribution in [0.4, 0.5) is 0 Å².